The monoisotopic (exact) mass is 387 g/mol. The Kier molecular flexibility index (Phi) is 16.1. The summed E-state index contributed by atoms with van der Waals surface area (Å²) >= 11 is 0. The highest BCUT2D eigenvalue weighted by atomic mass is 28.2. The van der Waals surface area contributed by atoms with E-state index in [-0.39, 0.29) is 0 Å². The minimum atomic E-state index is -0.468. The highest BCUT2D eigenvalue weighted by Gasteiger charge is 2.34. The first-order valence-electron chi connectivity index (χ1n) is 11.3. The largest absolute Gasteiger partial charge is 0.424 e. The van der Waals surface area contributed by atoms with Crippen LogP contribution < -0.4 is 0 Å². The van der Waals surface area contributed by atoms with Gasteiger partial charge >= 0.3 is 0 Å². The third-order valence-electron chi connectivity index (χ3n) is 5.78. The van der Waals surface area contributed by atoms with Gasteiger partial charge in [-0.2, -0.15) is 0 Å². The topological polar surface area (TPSA) is 19.0 Å². The molecule has 0 aliphatic rings. The fourth-order valence-corrected chi connectivity index (χ4v) is 5.25. The van der Waals surface area contributed by atoms with Crippen LogP contribution in [0.15, 0.2) is 0 Å². The van der Waals surface area contributed by atoms with Crippen molar-refractivity contribution < 1.29 is 4.43 Å². The van der Waals surface area contributed by atoms with Gasteiger partial charge in [0.1, 0.15) is 0 Å². The van der Waals surface area contributed by atoms with Gasteiger partial charge in [0.05, 0.1) is 0 Å². The zero-order chi connectivity index (χ0) is 19.8. The van der Waals surface area contributed by atoms with Gasteiger partial charge in [-0.15, -0.1) is 0 Å². The van der Waals surface area contributed by atoms with E-state index in [4.69, 9.17) is 4.43 Å². The number of hydrogen-bond acceptors (Lipinski definition) is 4. The van der Waals surface area contributed by atoms with E-state index in [9.17, 15) is 0 Å². The molecule has 0 amide bonds. The molecule has 0 aliphatic carbocycles. The van der Waals surface area contributed by atoms with Crippen molar-refractivity contribution in [2.45, 2.75) is 67.4 Å². The predicted molar refractivity (Wildman–Crippen MR) is 120 cm³/mol. The molecule has 0 bridgehead atoms. The van der Waals surface area contributed by atoms with Crippen LogP contribution >= 0.6 is 0 Å². The normalized spacial score (nSPS) is 13.2. The quantitative estimate of drug-likeness (QED) is 0.265. The maximum atomic E-state index is 6.16. The molecule has 0 heterocycles. The SMILES string of the molecule is CCCCO[SiH2]CC(CN(CC)CC)(CN(CC)CC)CN(CC)CC. The van der Waals surface area contributed by atoms with E-state index in [2.05, 4.69) is 63.2 Å². The van der Waals surface area contributed by atoms with Crippen molar-refractivity contribution in [3.05, 3.63) is 0 Å². The summed E-state index contributed by atoms with van der Waals surface area (Å²) in [7, 11) is -0.468. The summed E-state index contributed by atoms with van der Waals surface area (Å²) in [6.45, 7) is 27.5. The lowest BCUT2D eigenvalue weighted by molar-refractivity contribution is 0.0743. The molecule has 158 valence electrons. The summed E-state index contributed by atoms with van der Waals surface area (Å²) in [5, 5.41) is 0. The summed E-state index contributed by atoms with van der Waals surface area (Å²) in [6, 6.07) is 1.29. The van der Waals surface area contributed by atoms with Crippen molar-refractivity contribution in [2.24, 2.45) is 5.41 Å². The second kappa shape index (κ2) is 16.1. The fraction of sp³-hybridized carbons (Fsp3) is 1.00. The molecule has 0 aromatic heterocycles. The smallest absolute Gasteiger partial charge is 0.162 e. The fourth-order valence-electron chi connectivity index (χ4n) is 3.79. The maximum Gasteiger partial charge on any atom is 0.162 e. The van der Waals surface area contributed by atoms with E-state index in [1.807, 2.05) is 0 Å². The summed E-state index contributed by atoms with van der Waals surface area (Å²) in [4.78, 5) is 7.90. The Morgan fingerprint density at radius 1 is 0.654 bits per heavy atom. The molecule has 26 heavy (non-hydrogen) atoms. The zero-order valence-corrected chi connectivity index (χ0v) is 20.6. The number of hydrogen-bond donors (Lipinski definition) is 0. The molecular formula is C21H49N3OSi. The van der Waals surface area contributed by atoms with E-state index in [0.29, 0.717) is 5.41 Å². The van der Waals surface area contributed by atoms with Crippen LogP contribution in [0.3, 0.4) is 0 Å². The molecule has 0 aromatic carbocycles. The molecule has 0 unspecified atom stereocenters. The Hall–Kier alpha value is 0.0569. The van der Waals surface area contributed by atoms with Crippen LogP contribution in [0, 0.1) is 5.41 Å². The summed E-state index contributed by atoms with van der Waals surface area (Å²) in [5.74, 6) is 0. The van der Waals surface area contributed by atoms with Gasteiger partial charge in [-0.1, -0.05) is 54.9 Å². The molecule has 0 aliphatic heterocycles. The van der Waals surface area contributed by atoms with Crippen LogP contribution in [0.1, 0.15) is 61.3 Å². The van der Waals surface area contributed by atoms with Crippen molar-refractivity contribution >= 4 is 9.76 Å². The lowest BCUT2D eigenvalue weighted by atomic mass is 9.87. The van der Waals surface area contributed by atoms with E-state index in [1.165, 1.54) is 38.5 Å². The summed E-state index contributed by atoms with van der Waals surface area (Å²) < 4.78 is 6.16. The van der Waals surface area contributed by atoms with Crippen molar-refractivity contribution in [1.29, 1.82) is 0 Å². The van der Waals surface area contributed by atoms with Crippen LogP contribution in [0.5, 0.6) is 0 Å². The van der Waals surface area contributed by atoms with Crippen LogP contribution in [-0.2, 0) is 4.43 Å². The van der Waals surface area contributed by atoms with Crippen molar-refractivity contribution in [3.63, 3.8) is 0 Å². The van der Waals surface area contributed by atoms with Crippen LogP contribution in [0.25, 0.3) is 0 Å². The number of nitrogens with zero attached hydrogens (tertiary/aromatic N) is 3. The van der Waals surface area contributed by atoms with E-state index >= 15 is 0 Å². The molecule has 0 N–H and O–H groups in total. The first-order valence-corrected chi connectivity index (χ1v) is 12.9. The van der Waals surface area contributed by atoms with Crippen molar-refractivity contribution in [3.8, 4) is 0 Å². The lowest BCUT2D eigenvalue weighted by Gasteiger charge is -2.44. The Labute approximate surface area is 167 Å². The van der Waals surface area contributed by atoms with Gasteiger partial charge < -0.3 is 19.1 Å². The van der Waals surface area contributed by atoms with Gasteiger partial charge in [0, 0.05) is 31.7 Å². The van der Waals surface area contributed by atoms with E-state index < -0.39 is 9.76 Å². The Morgan fingerprint density at radius 2 is 1.04 bits per heavy atom. The predicted octanol–water partition coefficient (Wildman–Crippen LogP) is 3.32. The first-order chi connectivity index (χ1) is 12.5. The average molecular weight is 388 g/mol. The molecule has 0 saturated heterocycles. The Morgan fingerprint density at radius 3 is 1.35 bits per heavy atom. The van der Waals surface area contributed by atoms with Crippen LogP contribution in [0.2, 0.25) is 6.04 Å². The molecule has 0 aromatic rings. The molecule has 0 saturated carbocycles. The van der Waals surface area contributed by atoms with Gasteiger partial charge in [-0.05, 0) is 51.7 Å². The Bertz CT molecular complexity index is 270. The summed E-state index contributed by atoms with van der Waals surface area (Å²) in [6.07, 6.45) is 2.44. The second-order valence-electron chi connectivity index (χ2n) is 7.60. The maximum absolute atomic E-state index is 6.16. The minimum Gasteiger partial charge on any atom is -0.424 e. The number of unbranched alkanes of at least 4 members (excludes halogenated alkanes) is 1. The first kappa shape index (κ1) is 26.1. The third-order valence-corrected chi connectivity index (χ3v) is 7.62. The number of rotatable bonds is 18. The Balaban J connectivity index is 5.34. The minimum absolute atomic E-state index is 0.336. The van der Waals surface area contributed by atoms with Crippen molar-refractivity contribution in [1.82, 2.24) is 14.7 Å². The molecule has 0 rings (SSSR count). The molecule has 4 nitrogen and oxygen atoms in total. The van der Waals surface area contributed by atoms with Gasteiger partial charge in [0.25, 0.3) is 0 Å². The van der Waals surface area contributed by atoms with E-state index in [1.54, 1.807) is 0 Å². The van der Waals surface area contributed by atoms with Crippen molar-refractivity contribution in [2.75, 3.05) is 65.5 Å². The molecule has 0 radical (unpaired) electrons. The van der Waals surface area contributed by atoms with Crippen LogP contribution in [0.4, 0.5) is 0 Å². The molecule has 0 atom stereocenters. The zero-order valence-electron chi connectivity index (χ0n) is 19.1. The molecular weight excluding hydrogens is 338 g/mol. The second-order valence-corrected chi connectivity index (χ2v) is 8.92. The highest BCUT2D eigenvalue weighted by molar-refractivity contribution is 6.27. The van der Waals surface area contributed by atoms with Gasteiger partial charge in [0.2, 0.25) is 0 Å². The summed E-state index contributed by atoms with van der Waals surface area (Å²) in [5.41, 5.74) is 0.336. The van der Waals surface area contributed by atoms with E-state index in [0.717, 1.165) is 45.9 Å². The van der Waals surface area contributed by atoms with Gasteiger partial charge in [-0.25, -0.2) is 0 Å². The molecule has 0 fully saturated rings. The van der Waals surface area contributed by atoms with Gasteiger partial charge in [0.15, 0.2) is 9.76 Å². The standard InChI is InChI=1S/C21H49N3OSi/c1-8-15-16-25-26-20-21(17-22(9-2)10-3,18-23(11-4)12-5)19-24(13-6)14-7/h8-20,26H2,1-7H3. The van der Waals surface area contributed by atoms with Gasteiger partial charge in [-0.3, -0.25) is 0 Å². The van der Waals surface area contributed by atoms with Crippen LogP contribution in [-0.4, -0.2) is 90.0 Å². The molecule has 5 heteroatoms. The third kappa shape index (κ3) is 10.4. The average Bonchev–Trinajstić information content (AvgIpc) is 2.68. The lowest BCUT2D eigenvalue weighted by Crippen LogP contribution is -2.52. The highest BCUT2D eigenvalue weighted by Crippen LogP contribution is 2.28. The molecule has 0 spiro atoms.